The highest BCUT2D eigenvalue weighted by Gasteiger charge is 2.59. The lowest BCUT2D eigenvalue weighted by Crippen LogP contribution is -2.49. The Balaban J connectivity index is 1.85. The van der Waals surface area contributed by atoms with E-state index in [2.05, 4.69) is 10.0 Å². The van der Waals surface area contributed by atoms with E-state index in [0.29, 0.717) is 13.0 Å². The Morgan fingerprint density at radius 2 is 1.88 bits per heavy atom. The third-order valence-corrected chi connectivity index (χ3v) is 7.25. The monoisotopic (exact) mass is 369 g/mol. The molecule has 26 heavy (non-hydrogen) atoms. The van der Waals surface area contributed by atoms with Crippen LogP contribution >= 0.6 is 0 Å². The molecule has 134 valence electrons. The molecule has 0 N–H and O–H groups in total. The predicted molar refractivity (Wildman–Crippen MR) is 99.1 cm³/mol. The highest BCUT2D eigenvalue weighted by atomic mass is 32.2. The van der Waals surface area contributed by atoms with Crippen molar-refractivity contribution < 1.29 is 8.42 Å². The zero-order valence-electron chi connectivity index (χ0n) is 14.6. The fraction of sp³-hybridized carbons (Fsp3) is 0.333. The maximum absolute atomic E-state index is 13.3. The lowest BCUT2D eigenvalue weighted by atomic mass is 9.90. The number of sulfonamides is 1. The van der Waals surface area contributed by atoms with Gasteiger partial charge in [-0.1, -0.05) is 41.0 Å². The first-order valence-corrected chi connectivity index (χ1v) is 9.83. The molecule has 1 fully saturated rings. The van der Waals surface area contributed by atoms with Gasteiger partial charge in [-0.25, -0.2) is 8.42 Å². The Morgan fingerprint density at radius 1 is 1.19 bits per heavy atom. The van der Waals surface area contributed by atoms with Crippen LogP contribution in [0.5, 0.6) is 0 Å². The number of anilines is 1. The summed E-state index contributed by atoms with van der Waals surface area (Å²) in [7, 11) is -1.86. The maximum Gasteiger partial charge on any atom is 0.244 e. The van der Waals surface area contributed by atoms with E-state index in [9.17, 15) is 13.9 Å². The summed E-state index contributed by atoms with van der Waals surface area (Å²) in [5, 5.41) is 4.11. The van der Waals surface area contributed by atoms with Gasteiger partial charge in [0.2, 0.25) is 10.0 Å². The molecule has 2 aliphatic rings. The highest BCUT2D eigenvalue weighted by molar-refractivity contribution is 7.89. The first-order chi connectivity index (χ1) is 12.4. The number of likely N-dealkylation sites (N-methyl/N-ethyl adjacent to an activating group) is 1. The number of aryl methyl sites for hydroxylation is 1. The summed E-state index contributed by atoms with van der Waals surface area (Å²) < 4.78 is 28.1. The van der Waals surface area contributed by atoms with Gasteiger partial charge in [-0.05, 0) is 42.6 Å². The first kappa shape index (κ1) is 16.9. The van der Waals surface area contributed by atoms with Gasteiger partial charge in [-0.2, -0.15) is 4.31 Å². The number of benzene rings is 2. The van der Waals surface area contributed by atoms with Gasteiger partial charge in [-0.3, -0.25) is 0 Å². The van der Waals surface area contributed by atoms with Gasteiger partial charge < -0.3 is 4.90 Å². The van der Waals surface area contributed by atoms with Gasteiger partial charge in [0.25, 0.3) is 0 Å². The zero-order valence-corrected chi connectivity index (χ0v) is 15.4. The van der Waals surface area contributed by atoms with Crippen molar-refractivity contribution in [3.8, 4) is 0 Å². The van der Waals surface area contributed by atoms with Crippen LogP contribution < -0.4 is 4.90 Å². The van der Waals surface area contributed by atoms with Crippen molar-refractivity contribution in [2.45, 2.75) is 29.9 Å². The molecule has 0 saturated carbocycles. The summed E-state index contributed by atoms with van der Waals surface area (Å²) >= 11 is 0. The minimum atomic E-state index is -3.71. The van der Waals surface area contributed by atoms with Crippen molar-refractivity contribution in [2.75, 3.05) is 18.5 Å². The van der Waals surface area contributed by atoms with Gasteiger partial charge in [0.15, 0.2) is 0 Å². The third-order valence-electron chi connectivity index (χ3n) is 5.38. The molecule has 2 atom stereocenters. The van der Waals surface area contributed by atoms with Crippen LogP contribution in [0.1, 0.15) is 17.5 Å². The molecule has 0 unspecified atom stereocenters. The average molecular weight is 369 g/mol. The lowest BCUT2D eigenvalue weighted by Gasteiger charge is -2.33. The number of para-hydroxylation sites is 1. The normalized spacial score (nSPS) is 24.8. The smallest absolute Gasteiger partial charge is 0.244 e. The number of rotatable bonds is 3. The molecule has 2 aromatic carbocycles. The second-order valence-electron chi connectivity index (χ2n) is 6.79. The number of hydrogen-bond acceptors (Lipinski definition) is 4. The van der Waals surface area contributed by atoms with Crippen molar-refractivity contribution in [1.82, 2.24) is 4.31 Å². The van der Waals surface area contributed by atoms with E-state index in [1.165, 1.54) is 4.31 Å². The van der Waals surface area contributed by atoms with E-state index in [1.54, 1.807) is 24.3 Å². The molecular weight excluding hydrogens is 350 g/mol. The van der Waals surface area contributed by atoms with Crippen LogP contribution in [0.25, 0.3) is 10.4 Å². The molecule has 1 saturated heterocycles. The number of fused-ring (bicyclic) bond motifs is 3. The largest absolute Gasteiger partial charge is 0.357 e. The Bertz CT molecular complexity index is 1010. The van der Waals surface area contributed by atoms with E-state index in [1.807, 2.05) is 43.1 Å². The SMILES string of the molecule is Cc1ccc(S(=O)(=O)N2CC[C@@]3(N=[N+]=[N-])c4ccccc4N(C)[C@@H]23)cc1. The quantitative estimate of drug-likeness (QED) is 0.472. The van der Waals surface area contributed by atoms with Crippen molar-refractivity contribution in [3.63, 3.8) is 0 Å². The number of hydrogen-bond donors (Lipinski definition) is 0. The molecule has 2 aromatic rings. The van der Waals surface area contributed by atoms with E-state index >= 15 is 0 Å². The summed E-state index contributed by atoms with van der Waals surface area (Å²) in [4.78, 5) is 5.22. The Morgan fingerprint density at radius 3 is 2.58 bits per heavy atom. The number of nitrogens with zero attached hydrogens (tertiary/aromatic N) is 5. The molecule has 8 heteroatoms. The minimum Gasteiger partial charge on any atom is -0.357 e. The van der Waals surface area contributed by atoms with Gasteiger partial charge in [0, 0.05) is 24.2 Å². The van der Waals surface area contributed by atoms with Gasteiger partial charge >= 0.3 is 0 Å². The number of azide groups is 1. The second kappa shape index (κ2) is 5.74. The summed E-state index contributed by atoms with van der Waals surface area (Å²) in [5.41, 5.74) is 11.1. The molecule has 0 spiro atoms. The Hall–Kier alpha value is -2.54. The standard InChI is InChI=1S/C18H19N5O2S/c1-13-7-9-14(10-8-13)26(24,25)23-12-11-18(20-21-19)15-5-3-4-6-16(15)22(2)17(18)23/h3-10,17H,11-12H2,1-2H3/t17-,18+/m0/s1. The molecule has 4 rings (SSSR count). The van der Waals surface area contributed by atoms with Crippen molar-refractivity contribution >= 4 is 15.7 Å². The Kier molecular flexibility index (Phi) is 3.73. The van der Waals surface area contributed by atoms with Gasteiger partial charge in [0.05, 0.1) is 4.90 Å². The third kappa shape index (κ3) is 2.16. The fourth-order valence-electron chi connectivity index (χ4n) is 4.17. The molecule has 0 aliphatic carbocycles. The topological polar surface area (TPSA) is 89.4 Å². The van der Waals surface area contributed by atoms with E-state index < -0.39 is 21.7 Å². The summed E-state index contributed by atoms with van der Waals surface area (Å²) in [5.74, 6) is 0. The second-order valence-corrected chi connectivity index (χ2v) is 8.68. The summed E-state index contributed by atoms with van der Waals surface area (Å²) in [6, 6.07) is 14.5. The molecule has 0 aromatic heterocycles. The summed E-state index contributed by atoms with van der Waals surface area (Å²) in [6.07, 6.45) is -0.115. The maximum atomic E-state index is 13.3. The molecule has 2 heterocycles. The van der Waals surface area contributed by atoms with Crippen LogP contribution in [-0.2, 0) is 15.6 Å². The zero-order chi connectivity index (χ0) is 18.5. The fourth-order valence-corrected chi connectivity index (χ4v) is 5.83. The Labute approximate surface area is 152 Å². The predicted octanol–water partition coefficient (Wildman–Crippen LogP) is 3.37. The first-order valence-electron chi connectivity index (χ1n) is 8.39. The molecule has 2 aliphatic heterocycles. The van der Waals surface area contributed by atoms with Gasteiger partial charge in [-0.15, -0.1) is 0 Å². The van der Waals surface area contributed by atoms with Crippen LogP contribution in [0.3, 0.4) is 0 Å². The molecule has 7 nitrogen and oxygen atoms in total. The van der Waals surface area contributed by atoms with Crippen molar-refractivity contribution in [2.24, 2.45) is 5.11 Å². The molecule has 0 bridgehead atoms. The minimum absolute atomic E-state index is 0.254. The van der Waals surface area contributed by atoms with E-state index in [4.69, 9.17) is 0 Å². The van der Waals surface area contributed by atoms with E-state index in [0.717, 1.165) is 16.8 Å². The van der Waals surface area contributed by atoms with E-state index in [-0.39, 0.29) is 4.90 Å². The lowest BCUT2D eigenvalue weighted by molar-refractivity contribution is 0.318. The van der Waals surface area contributed by atoms with Crippen LogP contribution in [0, 0.1) is 6.92 Å². The molecule has 0 amide bonds. The van der Waals surface area contributed by atoms with Crippen LogP contribution in [-0.4, -0.2) is 32.5 Å². The molecular formula is C18H19N5O2S. The summed E-state index contributed by atoms with van der Waals surface area (Å²) in [6.45, 7) is 2.22. The van der Waals surface area contributed by atoms with Crippen molar-refractivity contribution in [1.29, 1.82) is 0 Å². The van der Waals surface area contributed by atoms with Gasteiger partial charge in [0.1, 0.15) is 11.7 Å². The average Bonchev–Trinajstić information content (AvgIpc) is 3.12. The van der Waals surface area contributed by atoms with Crippen LogP contribution in [0.4, 0.5) is 5.69 Å². The van der Waals surface area contributed by atoms with Crippen molar-refractivity contribution in [3.05, 3.63) is 70.1 Å². The van der Waals surface area contributed by atoms with Crippen LogP contribution in [0.15, 0.2) is 58.5 Å². The molecule has 0 radical (unpaired) electrons. The van der Waals surface area contributed by atoms with Crippen LogP contribution in [0.2, 0.25) is 0 Å². The highest BCUT2D eigenvalue weighted by Crippen LogP contribution is 2.53.